The normalized spacial score (nSPS) is 21.7. The second kappa shape index (κ2) is 5.76. The molecule has 1 spiro atoms. The molecule has 1 aliphatic carbocycles. The van der Waals surface area contributed by atoms with Crippen molar-refractivity contribution in [1.29, 1.82) is 0 Å². The molecule has 0 atom stereocenters. The number of rotatable bonds is 1. The zero-order valence-corrected chi connectivity index (χ0v) is 13.7. The molecule has 3 aliphatic rings. The van der Waals surface area contributed by atoms with Crippen molar-refractivity contribution in [3.63, 3.8) is 0 Å². The number of benzene rings is 1. The van der Waals surface area contributed by atoms with E-state index in [-0.39, 0.29) is 17.6 Å². The lowest BCUT2D eigenvalue weighted by Crippen LogP contribution is -2.36. The molecule has 2 N–H and O–H groups in total. The summed E-state index contributed by atoms with van der Waals surface area (Å²) in [5, 5.41) is 5.40. The number of urea groups is 1. The molecule has 2 aliphatic heterocycles. The Morgan fingerprint density at radius 1 is 1.21 bits per heavy atom. The van der Waals surface area contributed by atoms with Gasteiger partial charge in [-0.1, -0.05) is 0 Å². The van der Waals surface area contributed by atoms with Gasteiger partial charge in [-0.15, -0.1) is 0 Å². The molecule has 1 aromatic carbocycles. The molecule has 0 unspecified atom stereocenters. The number of nitrogens with one attached hydrogen (secondary N) is 2. The van der Waals surface area contributed by atoms with Crippen molar-refractivity contribution in [3.05, 3.63) is 29.1 Å². The third-order valence-electron chi connectivity index (χ3n) is 5.68. The fourth-order valence-corrected chi connectivity index (χ4v) is 3.90. The molecule has 0 bridgehead atoms. The Bertz CT molecular complexity index is 700. The van der Waals surface area contributed by atoms with Crippen molar-refractivity contribution in [2.45, 2.75) is 38.5 Å². The van der Waals surface area contributed by atoms with Crippen LogP contribution >= 0.6 is 0 Å². The Morgan fingerprint density at radius 3 is 2.83 bits per heavy atom. The molecular weight excluding hydrogens is 309 g/mol. The van der Waals surface area contributed by atoms with Crippen LogP contribution in [0.4, 0.5) is 14.9 Å². The van der Waals surface area contributed by atoms with Gasteiger partial charge in [0.2, 0.25) is 0 Å². The van der Waals surface area contributed by atoms with E-state index in [4.69, 9.17) is 0 Å². The molecule has 3 amide bonds. The first-order valence-electron chi connectivity index (χ1n) is 8.74. The van der Waals surface area contributed by atoms with Gasteiger partial charge in [0.15, 0.2) is 5.82 Å². The van der Waals surface area contributed by atoms with Gasteiger partial charge in [0.1, 0.15) is 0 Å². The molecule has 0 radical (unpaired) electrons. The third kappa shape index (κ3) is 2.74. The summed E-state index contributed by atoms with van der Waals surface area (Å²) in [6, 6.07) is 2.83. The lowest BCUT2D eigenvalue weighted by Gasteiger charge is -2.23. The van der Waals surface area contributed by atoms with Crippen molar-refractivity contribution < 1.29 is 14.0 Å². The highest BCUT2D eigenvalue weighted by Gasteiger charge is 2.43. The van der Waals surface area contributed by atoms with Crippen LogP contribution in [0.3, 0.4) is 0 Å². The SMILES string of the molecule is O=C1NCCc2c1ccc(NC(=O)N1CCCC3(CC1)CC3)c2F. The molecule has 0 aromatic heterocycles. The van der Waals surface area contributed by atoms with Gasteiger partial charge in [0.05, 0.1) is 5.69 Å². The Morgan fingerprint density at radius 2 is 2.04 bits per heavy atom. The predicted molar refractivity (Wildman–Crippen MR) is 88.5 cm³/mol. The number of carbonyl (C=O) groups excluding carboxylic acids is 2. The van der Waals surface area contributed by atoms with Crippen molar-refractivity contribution in [2.24, 2.45) is 5.41 Å². The van der Waals surface area contributed by atoms with Crippen LogP contribution in [0.15, 0.2) is 12.1 Å². The van der Waals surface area contributed by atoms with E-state index in [0.29, 0.717) is 29.5 Å². The van der Waals surface area contributed by atoms with Gasteiger partial charge in [0.25, 0.3) is 5.91 Å². The van der Waals surface area contributed by atoms with E-state index in [1.54, 1.807) is 11.0 Å². The summed E-state index contributed by atoms with van der Waals surface area (Å²) in [5.41, 5.74) is 1.41. The molecule has 2 heterocycles. The fraction of sp³-hybridized carbons (Fsp3) is 0.556. The van der Waals surface area contributed by atoms with Gasteiger partial charge in [-0.25, -0.2) is 9.18 Å². The van der Waals surface area contributed by atoms with E-state index in [2.05, 4.69) is 10.6 Å². The number of carbonyl (C=O) groups is 2. The van der Waals surface area contributed by atoms with Crippen LogP contribution < -0.4 is 10.6 Å². The molecule has 4 rings (SSSR count). The Balaban J connectivity index is 1.48. The van der Waals surface area contributed by atoms with E-state index in [0.717, 1.165) is 25.9 Å². The summed E-state index contributed by atoms with van der Waals surface area (Å²) in [7, 11) is 0. The van der Waals surface area contributed by atoms with Crippen LogP contribution in [0.1, 0.15) is 48.0 Å². The molecule has 5 nitrogen and oxygen atoms in total. The standard InChI is InChI=1S/C18H22FN3O2/c19-15-12-4-9-20-16(23)13(12)2-3-14(15)21-17(24)22-10-1-5-18(6-7-18)8-11-22/h2-3H,1,4-11H2,(H,20,23)(H,21,24). The highest BCUT2D eigenvalue weighted by atomic mass is 19.1. The van der Waals surface area contributed by atoms with Crippen molar-refractivity contribution in [3.8, 4) is 0 Å². The molecule has 6 heteroatoms. The van der Waals surface area contributed by atoms with Crippen LogP contribution in [0.2, 0.25) is 0 Å². The number of hydrogen-bond acceptors (Lipinski definition) is 2. The topological polar surface area (TPSA) is 61.4 Å². The largest absolute Gasteiger partial charge is 0.352 e. The van der Waals surface area contributed by atoms with E-state index >= 15 is 0 Å². The number of amides is 3. The first-order chi connectivity index (χ1) is 11.6. The number of halogens is 1. The van der Waals surface area contributed by atoms with Gasteiger partial charge in [-0.3, -0.25) is 4.79 Å². The van der Waals surface area contributed by atoms with Crippen molar-refractivity contribution in [2.75, 3.05) is 25.0 Å². The number of fused-ring (bicyclic) bond motifs is 1. The zero-order valence-electron chi connectivity index (χ0n) is 13.7. The summed E-state index contributed by atoms with van der Waals surface area (Å²) in [5.74, 6) is -0.737. The van der Waals surface area contributed by atoms with Crippen molar-refractivity contribution >= 4 is 17.6 Å². The summed E-state index contributed by atoms with van der Waals surface area (Å²) in [6.07, 6.45) is 6.27. The average molecular weight is 331 g/mol. The number of likely N-dealkylation sites (tertiary alicyclic amines) is 1. The maximum atomic E-state index is 14.7. The van der Waals surface area contributed by atoms with Crippen LogP contribution in [-0.4, -0.2) is 36.5 Å². The highest BCUT2D eigenvalue weighted by Crippen LogP contribution is 2.53. The molecule has 24 heavy (non-hydrogen) atoms. The Labute approximate surface area is 140 Å². The van der Waals surface area contributed by atoms with Gasteiger partial charge in [-0.2, -0.15) is 0 Å². The molecule has 1 saturated heterocycles. The smallest absolute Gasteiger partial charge is 0.321 e. The zero-order chi connectivity index (χ0) is 16.7. The van der Waals surface area contributed by atoms with Crippen LogP contribution in [0.5, 0.6) is 0 Å². The summed E-state index contributed by atoms with van der Waals surface area (Å²) >= 11 is 0. The van der Waals surface area contributed by atoms with Gasteiger partial charge >= 0.3 is 6.03 Å². The molecular formula is C18H22FN3O2. The first kappa shape index (κ1) is 15.4. The van der Waals surface area contributed by atoms with Gasteiger partial charge in [0, 0.05) is 30.8 Å². The number of hydrogen-bond donors (Lipinski definition) is 2. The van der Waals surface area contributed by atoms with Crippen LogP contribution in [0.25, 0.3) is 0 Å². The summed E-state index contributed by atoms with van der Waals surface area (Å²) in [4.78, 5) is 26.0. The molecule has 2 fully saturated rings. The van der Waals surface area contributed by atoms with Gasteiger partial charge in [-0.05, 0) is 56.1 Å². The minimum Gasteiger partial charge on any atom is -0.352 e. The summed E-state index contributed by atoms with van der Waals surface area (Å²) < 4.78 is 14.7. The van der Waals surface area contributed by atoms with E-state index in [9.17, 15) is 14.0 Å². The molecule has 128 valence electrons. The fourth-order valence-electron chi connectivity index (χ4n) is 3.90. The maximum absolute atomic E-state index is 14.7. The van der Waals surface area contributed by atoms with Crippen LogP contribution in [0, 0.1) is 11.2 Å². The highest BCUT2D eigenvalue weighted by molar-refractivity contribution is 5.98. The first-order valence-corrected chi connectivity index (χ1v) is 8.74. The predicted octanol–water partition coefficient (Wildman–Crippen LogP) is 2.91. The number of nitrogens with zero attached hydrogens (tertiary/aromatic N) is 1. The average Bonchev–Trinajstić information content (AvgIpc) is 3.37. The van der Waals surface area contributed by atoms with E-state index in [1.807, 2.05) is 0 Å². The monoisotopic (exact) mass is 331 g/mol. The van der Waals surface area contributed by atoms with Crippen molar-refractivity contribution in [1.82, 2.24) is 10.2 Å². The van der Waals surface area contributed by atoms with E-state index in [1.165, 1.54) is 25.3 Å². The second-order valence-electron chi connectivity index (χ2n) is 7.23. The quantitative estimate of drug-likeness (QED) is 0.831. The lowest BCUT2D eigenvalue weighted by atomic mass is 9.98. The third-order valence-corrected chi connectivity index (χ3v) is 5.68. The molecule has 1 aromatic rings. The minimum absolute atomic E-state index is 0.166. The Kier molecular flexibility index (Phi) is 3.70. The van der Waals surface area contributed by atoms with Gasteiger partial charge < -0.3 is 15.5 Å². The van der Waals surface area contributed by atoms with E-state index < -0.39 is 5.82 Å². The lowest BCUT2D eigenvalue weighted by molar-refractivity contribution is 0.0945. The summed E-state index contributed by atoms with van der Waals surface area (Å²) in [6.45, 7) is 1.89. The van der Waals surface area contributed by atoms with Crippen LogP contribution in [-0.2, 0) is 6.42 Å². The number of anilines is 1. The minimum atomic E-state index is -0.482. The maximum Gasteiger partial charge on any atom is 0.321 e. The second-order valence-corrected chi connectivity index (χ2v) is 7.23. The molecule has 1 saturated carbocycles. The Hall–Kier alpha value is -2.11.